The molecule has 4 nitrogen and oxygen atoms in total. The molecule has 1 saturated heterocycles. The van der Waals surface area contributed by atoms with E-state index in [9.17, 15) is 0 Å². The molecule has 1 aromatic rings. The minimum Gasteiger partial charge on any atom is -0.489 e. The maximum Gasteiger partial charge on any atom is 0.154 e. The molecule has 0 radical (unpaired) electrons. The molecule has 1 fully saturated rings. The number of fused-ring (bicyclic) bond motifs is 4. The van der Waals surface area contributed by atoms with Crippen LogP contribution in [0.25, 0.3) is 0 Å². The standard InChI is InChI=1S/C14H15BrN2O2S/c15-8-1-2-11-9(5-8)14(7-20-13(16)17-14)10-6-18-4-3-12(10)19-11/h1-2,5,10,12H,3-4,6-7H2,(H2,16,17)/t10-,12-,14-/m0/s1. The third-order valence-corrected chi connectivity index (χ3v) is 5.81. The first-order valence-electron chi connectivity index (χ1n) is 6.71. The molecule has 3 atom stereocenters. The van der Waals surface area contributed by atoms with Gasteiger partial charge in [0, 0.05) is 28.1 Å². The molecule has 106 valence electrons. The van der Waals surface area contributed by atoms with Crippen LogP contribution in [0, 0.1) is 5.92 Å². The van der Waals surface area contributed by atoms with Crippen molar-refractivity contribution in [3.05, 3.63) is 28.2 Å². The van der Waals surface area contributed by atoms with Crippen molar-refractivity contribution in [3.63, 3.8) is 0 Å². The highest BCUT2D eigenvalue weighted by atomic mass is 79.9. The quantitative estimate of drug-likeness (QED) is 0.777. The van der Waals surface area contributed by atoms with E-state index in [2.05, 4.69) is 22.0 Å². The lowest BCUT2D eigenvalue weighted by atomic mass is 9.73. The van der Waals surface area contributed by atoms with Crippen LogP contribution in [0.2, 0.25) is 0 Å². The smallest absolute Gasteiger partial charge is 0.154 e. The minimum absolute atomic E-state index is 0.174. The number of rotatable bonds is 0. The maximum atomic E-state index is 6.19. The largest absolute Gasteiger partial charge is 0.489 e. The average molecular weight is 355 g/mol. The van der Waals surface area contributed by atoms with E-state index in [1.165, 1.54) is 0 Å². The highest BCUT2D eigenvalue weighted by molar-refractivity contribution is 9.10. The number of thioether (sulfide) groups is 1. The Kier molecular flexibility index (Phi) is 3.01. The van der Waals surface area contributed by atoms with E-state index in [1.807, 2.05) is 12.1 Å². The van der Waals surface area contributed by atoms with Crippen LogP contribution in [0.3, 0.4) is 0 Å². The Hall–Kier alpha value is -0.720. The second kappa shape index (κ2) is 4.64. The summed E-state index contributed by atoms with van der Waals surface area (Å²) in [6, 6.07) is 6.16. The molecule has 0 unspecified atom stereocenters. The van der Waals surface area contributed by atoms with E-state index in [-0.39, 0.29) is 17.6 Å². The summed E-state index contributed by atoms with van der Waals surface area (Å²) >= 11 is 5.18. The van der Waals surface area contributed by atoms with Gasteiger partial charge in [-0.25, -0.2) is 4.99 Å². The number of nitrogens with zero attached hydrogens (tertiary/aromatic N) is 1. The number of halogens is 1. The number of ether oxygens (including phenoxy) is 2. The first kappa shape index (κ1) is 13.0. The van der Waals surface area contributed by atoms with Gasteiger partial charge < -0.3 is 15.2 Å². The van der Waals surface area contributed by atoms with Crippen molar-refractivity contribution in [2.75, 3.05) is 19.0 Å². The molecule has 3 aliphatic heterocycles. The van der Waals surface area contributed by atoms with Gasteiger partial charge in [-0.2, -0.15) is 0 Å². The third-order valence-electron chi connectivity index (χ3n) is 4.34. The molecule has 1 aromatic carbocycles. The molecule has 3 heterocycles. The highest BCUT2D eigenvalue weighted by Gasteiger charge is 2.53. The molecular formula is C14H15BrN2O2S. The lowest BCUT2D eigenvalue weighted by Gasteiger charge is -2.46. The van der Waals surface area contributed by atoms with Crippen LogP contribution in [0.4, 0.5) is 0 Å². The topological polar surface area (TPSA) is 56.8 Å². The fraction of sp³-hybridized carbons (Fsp3) is 0.500. The van der Waals surface area contributed by atoms with Gasteiger partial charge in [0.15, 0.2) is 5.17 Å². The first-order valence-corrected chi connectivity index (χ1v) is 8.49. The van der Waals surface area contributed by atoms with Crippen molar-refractivity contribution in [2.45, 2.75) is 18.1 Å². The van der Waals surface area contributed by atoms with Crippen molar-refractivity contribution in [1.82, 2.24) is 0 Å². The van der Waals surface area contributed by atoms with Gasteiger partial charge in [0.25, 0.3) is 0 Å². The number of hydrogen-bond donors (Lipinski definition) is 1. The molecule has 0 aromatic heterocycles. The summed E-state index contributed by atoms with van der Waals surface area (Å²) < 4.78 is 12.9. The Balaban J connectivity index is 1.91. The maximum absolute atomic E-state index is 6.19. The normalized spacial score (nSPS) is 35.1. The summed E-state index contributed by atoms with van der Waals surface area (Å²) in [5, 5.41) is 0.669. The summed E-state index contributed by atoms with van der Waals surface area (Å²) in [5.74, 6) is 2.05. The van der Waals surface area contributed by atoms with Gasteiger partial charge in [0.1, 0.15) is 17.4 Å². The molecule has 6 heteroatoms. The van der Waals surface area contributed by atoms with E-state index in [0.29, 0.717) is 11.8 Å². The molecule has 0 saturated carbocycles. The average Bonchev–Trinajstić information content (AvgIpc) is 2.84. The van der Waals surface area contributed by atoms with Crippen LogP contribution in [0.5, 0.6) is 5.75 Å². The highest BCUT2D eigenvalue weighted by Crippen LogP contribution is 2.52. The predicted octanol–water partition coefficient (Wildman–Crippen LogP) is 2.50. The zero-order valence-electron chi connectivity index (χ0n) is 10.8. The summed E-state index contributed by atoms with van der Waals surface area (Å²) in [6.45, 7) is 1.45. The van der Waals surface area contributed by atoms with Gasteiger partial charge in [0.05, 0.1) is 13.2 Å². The molecule has 0 amide bonds. The Labute approximate surface area is 130 Å². The number of nitrogens with two attached hydrogens (primary N) is 1. The van der Waals surface area contributed by atoms with Crippen molar-refractivity contribution in [2.24, 2.45) is 16.6 Å². The van der Waals surface area contributed by atoms with Gasteiger partial charge in [0.2, 0.25) is 0 Å². The van der Waals surface area contributed by atoms with E-state index >= 15 is 0 Å². The van der Waals surface area contributed by atoms with E-state index in [4.69, 9.17) is 20.2 Å². The van der Waals surface area contributed by atoms with Crippen LogP contribution >= 0.6 is 27.7 Å². The molecule has 3 aliphatic rings. The van der Waals surface area contributed by atoms with Crippen LogP contribution in [0.1, 0.15) is 12.0 Å². The van der Waals surface area contributed by atoms with Gasteiger partial charge in [-0.1, -0.05) is 27.7 Å². The number of amidine groups is 1. The van der Waals surface area contributed by atoms with Crippen LogP contribution in [-0.2, 0) is 10.3 Å². The van der Waals surface area contributed by atoms with Gasteiger partial charge in [-0.05, 0) is 18.2 Å². The third kappa shape index (κ3) is 1.81. The number of aliphatic imine (C=N–C) groups is 1. The monoisotopic (exact) mass is 354 g/mol. The SMILES string of the molecule is NC1=N[C@@]2(CS1)c1cc(Br)ccc1O[C@H]1CCOC[C@@H]12. The van der Waals surface area contributed by atoms with Crippen molar-refractivity contribution >= 4 is 32.9 Å². The zero-order chi connectivity index (χ0) is 13.7. The Morgan fingerprint density at radius 3 is 3.15 bits per heavy atom. The second-order valence-corrected chi connectivity index (χ2v) is 7.34. The molecule has 0 aliphatic carbocycles. The van der Waals surface area contributed by atoms with E-state index in [0.717, 1.165) is 34.6 Å². The molecule has 4 rings (SSSR count). The second-order valence-electron chi connectivity index (χ2n) is 5.43. The predicted molar refractivity (Wildman–Crippen MR) is 83.2 cm³/mol. The molecule has 2 N–H and O–H groups in total. The van der Waals surface area contributed by atoms with Crippen LogP contribution < -0.4 is 10.5 Å². The van der Waals surface area contributed by atoms with Crippen LogP contribution in [-0.4, -0.2) is 30.2 Å². The summed E-state index contributed by atoms with van der Waals surface area (Å²) in [6.07, 6.45) is 1.09. The zero-order valence-corrected chi connectivity index (χ0v) is 13.2. The lowest BCUT2D eigenvalue weighted by molar-refractivity contribution is -0.0628. The van der Waals surface area contributed by atoms with Gasteiger partial charge in [-0.3, -0.25) is 0 Å². The summed E-state index contributed by atoms with van der Waals surface area (Å²) in [5.41, 5.74) is 6.81. The van der Waals surface area contributed by atoms with Gasteiger partial charge >= 0.3 is 0 Å². The van der Waals surface area contributed by atoms with Crippen LogP contribution in [0.15, 0.2) is 27.7 Å². The van der Waals surface area contributed by atoms with E-state index < -0.39 is 0 Å². The molecular weight excluding hydrogens is 340 g/mol. The fourth-order valence-electron chi connectivity index (χ4n) is 3.38. The Morgan fingerprint density at radius 1 is 1.45 bits per heavy atom. The first-order chi connectivity index (χ1) is 9.69. The lowest BCUT2D eigenvalue weighted by Crippen LogP contribution is -2.52. The summed E-state index contributed by atoms with van der Waals surface area (Å²) in [7, 11) is 0. The Morgan fingerprint density at radius 2 is 2.35 bits per heavy atom. The Bertz CT molecular complexity index is 595. The van der Waals surface area contributed by atoms with Gasteiger partial charge in [-0.15, -0.1) is 0 Å². The van der Waals surface area contributed by atoms with Crippen molar-refractivity contribution < 1.29 is 9.47 Å². The molecule has 0 bridgehead atoms. The number of benzene rings is 1. The fourth-order valence-corrected chi connectivity index (χ4v) is 4.77. The number of hydrogen-bond acceptors (Lipinski definition) is 5. The van der Waals surface area contributed by atoms with Crippen molar-refractivity contribution in [1.29, 1.82) is 0 Å². The van der Waals surface area contributed by atoms with E-state index in [1.54, 1.807) is 11.8 Å². The molecule has 20 heavy (non-hydrogen) atoms. The summed E-state index contributed by atoms with van der Waals surface area (Å²) in [4.78, 5) is 4.82. The molecule has 1 spiro atoms. The van der Waals surface area contributed by atoms with Crippen molar-refractivity contribution in [3.8, 4) is 5.75 Å². The minimum atomic E-state index is -0.294.